The highest BCUT2D eigenvalue weighted by atomic mass is 35.5. The summed E-state index contributed by atoms with van der Waals surface area (Å²) >= 11 is 5.40. The van der Waals surface area contributed by atoms with Crippen molar-refractivity contribution in [3.8, 4) is 5.75 Å². The average Bonchev–Trinajstić information content (AvgIpc) is 1.77. The molecule has 0 aliphatic carbocycles. The Bertz CT molecular complexity index is 165. The fourth-order valence-corrected chi connectivity index (χ4v) is 0.580. The zero-order valence-corrected chi connectivity index (χ0v) is 4.85. The van der Waals surface area contributed by atoms with E-state index in [2.05, 4.69) is 0 Å². The molecule has 0 atom stereocenters. The third-order valence-corrected chi connectivity index (χ3v) is 1.15. The molecule has 0 aromatic heterocycles. The number of hydrogen-bond donors (Lipinski definition) is 0. The van der Waals surface area contributed by atoms with E-state index >= 15 is 0 Å². The fourth-order valence-electron chi connectivity index (χ4n) is 0.445. The van der Waals surface area contributed by atoms with Gasteiger partial charge in [-0.3, -0.25) is 0 Å². The Morgan fingerprint density at radius 2 is 1.88 bits per heavy atom. The summed E-state index contributed by atoms with van der Waals surface area (Å²) < 4.78 is 0. The summed E-state index contributed by atoms with van der Waals surface area (Å²) in [4.78, 5) is 0. The van der Waals surface area contributed by atoms with Gasteiger partial charge in [-0.2, -0.15) is 0 Å². The van der Waals surface area contributed by atoms with Crippen LogP contribution in [0.5, 0.6) is 5.75 Å². The maximum absolute atomic E-state index is 10.5. The summed E-state index contributed by atoms with van der Waals surface area (Å²) in [6, 6.07) is 6.39. The van der Waals surface area contributed by atoms with E-state index in [0.29, 0.717) is 0 Å². The maximum atomic E-state index is 10.5. The predicted molar refractivity (Wildman–Crippen MR) is 30.9 cm³/mol. The van der Waals surface area contributed by atoms with E-state index < -0.39 is 0 Å². The summed E-state index contributed by atoms with van der Waals surface area (Å²) in [5.41, 5.74) is 0. The number of hydrogen-bond acceptors (Lipinski definition) is 1. The first kappa shape index (κ1) is 5.45. The zero-order chi connectivity index (χ0) is 5.98. The Labute approximate surface area is 52.5 Å². The second-order valence-corrected chi connectivity index (χ2v) is 1.84. The van der Waals surface area contributed by atoms with E-state index in [4.69, 9.17) is 11.6 Å². The number of rotatable bonds is 0. The molecule has 1 aromatic rings. The first-order valence-electron chi connectivity index (χ1n) is 2.22. The van der Waals surface area contributed by atoms with E-state index in [1.807, 2.05) is 0 Å². The molecule has 0 radical (unpaired) electrons. The second-order valence-electron chi connectivity index (χ2n) is 1.43. The Morgan fingerprint density at radius 3 is 2.25 bits per heavy atom. The zero-order valence-electron chi connectivity index (χ0n) is 4.10. The Kier molecular flexibility index (Phi) is 1.40. The van der Waals surface area contributed by atoms with Crippen molar-refractivity contribution in [2.75, 3.05) is 0 Å². The van der Waals surface area contributed by atoms with E-state index in [0.717, 1.165) is 0 Å². The van der Waals surface area contributed by atoms with Gasteiger partial charge in [0, 0.05) is 5.02 Å². The molecule has 2 heteroatoms. The SMILES string of the molecule is [O-]c1ccccc1Cl. The minimum Gasteiger partial charge on any atom is -0.871 e. The Morgan fingerprint density at radius 1 is 1.25 bits per heavy atom. The molecule has 0 heterocycles. The molecule has 0 aliphatic heterocycles. The lowest BCUT2D eigenvalue weighted by Crippen LogP contribution is -1.87. The van der Waals surface area contributed by atoms with Gasteiger partial charge in [0.25, 0.3) is 0 Å². The molecule has 1 nitrogen and oxygen atoms in total. The number of halogens is 1. The standard InChI is InChI=1S/C6H5ClO/c7-5-3-1-2-4-6(5)8/h1-4,8H/p-1. The van der Waals surface area contributed by atoms with Gasteiger partial charge in [0.05, 0.1) is 0 Å². The van der Waals surface area contributed by atoms with Gasteiger partial charge in [-0.25, -0.2) is 0 Å². The fraction of sp³-hybridized carbons (Fsp3) is 0. The quantitative estimate of drug-likeness (QED) is 0.517. The highest BCUT2D eigenvalue weighted by Crippen LogP contribution is 2.17. The molecule has 8 heavy (non-hydrogen) atoms. The lowest BCUT2D eigenvalue weighted by atomic mass is 10.3. The number of para-hydroxylation sites is 1. The molecule has 0 fully saturated rings. The average molecular weight is 128 g/mol. The normalized spacial score (nSPS) is 9.12. The van der Waals surface area contributed by atoms with Crippen LogP contribution in [0.2, 0.25) is 5.02 Å². The van der Waals surface area contributed by atoms with Crippen molar-refractivity contribution >= 4 is 11.6 Å². The van der Waals surface area contributed by atoms with Gasteiger partial charge in [0.2, 0.25) is 0 Å². The van der Waals surface area contributed by atoms with Crippen LogP contribution in [0.4, 0.5) is 0 Å². The van der Waals surface area contributed by atoms with Gasteiger partial charge in [-0.05, 0) is 6.07 Å². The Balaban J connectivity index is 3.13. The molecule has 0 aliphatic rings. The van der Waals surface area contributed by atoms with Crippen LogP contribution < -0.4 is 5.11 Å². The van der Waals surface area contributed by atoms with Crippen LogP contribution in [0.1, 0.15) is 0 Å². The molecule has 0 saturated heterocycles. The molecule has 0 bridgehead atoms. The van der Waals surface area contributed by atoms with Crippen LogP contribution in [0.3, 0.4) is 0 Å². The van der Waals surface area contributed by atoms with Crippen LogP contribution in [-0.4, -0.2) is 0 Å². The van der Waals surface area contributed by atoms with Crippen LogP contribution in [0, 0.1) is 0 Å². The minimum atomic E-state index is -0.117. The molecule has 0 N–H and O–H groups in total. The van der Waals surface area contributed by atoms with E-state index in [1.165, 1.54) is 6.07 Å². The van der Waals surface area contributed by atoms with Crippen LogP contribution >= 0.6 is 11.6 Å². The molecule has 1 aromatic carbocycles. The van der Waals surface area contributed by atoms with Crippen molar-refractivity contribution in [1.29, 1.82) is 0 Å². The van der Waals surface area contributed by atoms with Crippen molar-refractivity contribution < 1.29 is 5.11 Å². The minimum absolute atomic E-state index is 0.117. The highest BCUT2D eigenvalue weighted by molar-refractivity contribution is 6.31. The van der Waals surface area contributed by atoms with Crippen molar-refractivity contribution in [2.45, 2.75) is 0 Å². The van der Waals surface area contributed by atoms with Gasteiger partial charge in [-0.1, -0.05) is 35.5 Å². The van der Waals surface area contributed by atoms with Crippen molar-refractivity contribution in [1.82, 2.24) is 0 Å². The summed E-state index contributed by atoms with van der Waals surface area (Å²) in [5.74, 6) is -0.117. The summed E-state index contributed by atoms with van der Waals surface area (Å²) in [6.07, 6.45) is 0. The van der Waals surface area contributed by atoms with Gasteiger partial charge >= 0.3 is 0 Å². The Hall–Kier alpha value is -0.690. The molecule has 0 spiro atoms. The van der Waals surface area contributed by atoms with Crippen molar-refractivity contribution in [2.24, 2.45) is 0 Å². The van der Waals surface area contributed by atoms with Crippen LogP contribution in [-0.2, 0) is 0 Å². The van der Waals surface area contributed by atoms with E-state index in [1.54, 1.807) is 18.2 Å². The lowest BCUT2D eigenvalue weighted by molar-refractivity contribution is -0.268. The van der Waals surface area contributed by atoms with Gasteiger partial charge in [0.15, 0.2) is 0 Å². The van der Waals surface area contributed by atoms with Gasteiger partial charge in [-0.15, -0.1) is 0 Å². The summed E-state index contributed by atoms with van der Waals surface area (Å²) in [7, 11) is 0. The third-order valence-electron chi connectivity index (χ3n) is 0.837. The maximum Gasteiger partial charge on any atom is 0.0327 e. The molecule has 1 rings (SSSR count). The summed E-state index contributed by atoms with van der Waals surface area (Å²) in [6.45, 7) is 0. The number of benzene rings is 1. The van der Waals surface area contributed by atoms with Crippen molar-refractivity contribution in [3.05, 3.63) is 29.3 Å². The first-order valence-corrected chi connectivity index (χ1v) is 2.60. The molecule has 0 unspecified atom stereocenters. The first-order chi connectivity index (χ1) is 3.80. The molecule has 42 valence electrons. The van der Waals surface area contributed by atoms with Crippen LogP contribution in [0.25, 0.3) is 0 Å². The van der Waals surface area contributed by atoms with Crippen molar-refractivity contribution in [3.63, 3.8) is 0 Å². The van der Waals surface area contributed by atoms with Crippen LogP contribution in [0.15, 0.2) is 24.3 Å². The second kappa shape index (κ2) is 2.05. The van der Waals surface area contributed by atoms with E-state index in [-0.39, 0.29) is 10.8 Å². The lowest BCUT2D eigenvalue weighted by Gasteiger charge is -2.04. The smallest absolute Gasteiger partial charge is 0.0327 e. The largest absolute Gasteiger partial charge is 0.871 e. The predicted octanol–water partition coefficient (Wildman–Crippen LogP) is 1.41. The van der Waals surface area contributed by atoms with Gasteiger partial charge < -0.3 is 5.11 Å². The summed E-state index contributed by atoms with van der Waals surface area (Å²) in [5, 5.41) is 10.8. The topological polar surface area (TPSA) is 23.1 Å². The monoisotopic (exact) mass is 127 g/mol. The van der Waals surface area contributed by atoms with Gasteiger partial charge in [0.1, 0.15) is 0 Å². The molecular weight excluding hydrogens is 124 g/mol. The third kappa shape index (κ3) is 0.928. The molecular formula is C6H4ClO-. The molecule has 0 saturated carbocycles. The van der Waals surface area contributed by atoms with E-state index in [9.17, 15) is 5.11 Å². The highest BCUT2D eigenvalue weighted by Gasteiger charge is 1.80. The molecule has 0 amide bonds.